The van der Waals surface area contributed by atoms with Gasteiger partial charge in [-0.2, -0.15) is 0 Å². The van der Waals surface area contributed by atoms with Crippen LogP contribution in [0.5, 0.6) is 5.75 Å². The number of hydrogen-bond acceptors (Lipinski definition) is 7. The van der Waals surface area contributed by atoms with E-state index in [9.17, 15) is 9.18 Å². The fraction of sp³-hybridized carbons (Fsp3) is 0.526. The highest BCUT2D eigenvalue weighted by Gasteiger charge is 2.21. The van der Waals surface area contributed by atoms with Gasteiger partial charge < -0.3 is 14.2 Å². The standard InChI is InChI=1S/C19H26FN3O4S/c1-13(10-25-5)23-16(11-26-15-9-7-6-8-14(15)20)21-22-18(23)28-12-17(24)27-19(2,3)4/h6-9,13H,10-12H2,1-5H3. The Morgan fingerprint density at radius 3 is 2.64 bits per heavy atom. The first-order valence-electron chi connectivity index (χ1n) is 8.86. The molecular formula is C19H26FN3O4S. The van der Waals surface area contributed by atoms with E-state index >= 15 is 0 Å². The molecule has 1 atom stereocenters. The first-order valence-corrected chi connectivity index (χ1v) is 9.84. The molecule has 0 spiro atoms. The van der Waals surface area contributed by atoms with Crippen LogP contribution in [0.4, 0.5) is 4.39 Å². The molecule has 0 amide bonds. The van der Waals surface area contributed by atoms with E-state index in [-0.39, 0.29) is 30.1 Å². The predicted octanol–water partition coefficient (Wildman–Crippen LogP) is 3.64. The average molecular weight is 411 g/mol. The highest BCUT2D eigenvalue weighted by molar-refractivity contribution is 7.99. The quantitative estimate of drug-likeness (QED) is 0.461. The molecule has 1 aromatic carbocycles. The number of halogens is 1. The van der Waals surface area contributed by atoms with Crippen molar-refractivity contribution in [2.45, 2.75) is 51.1 Å². The molecule has 7 nitrogen and oxygen atoms in total. The molecule has 154 valence electrons. The molecule has 0 N–H and O–H groups in total. The zero-order valence-corrected chi connectivity index (χ0v) is 17.6. The maximum Gasteiger partial charge on any atom is 0.316 e. The topological polar surface area (TPSA) is 75.5 Å². The van der Waals surface area contributed by atoms with E-state index in [1.165, 1.54) is 17.8 Å². The third-order valence-electron chi connectivity index (χ3n) is 3.52. The Morgan fingerprint density at radius 1 is 1.29 bits per heavy atom. The van der Waals surface area contributed by atoms with Gasteiger partial charge in [-0.15, -0.1) is 10.2 Å². The molecule has 28 heavy (non-hydrogen) atoms. The Bertz CT molecular complexity index is 792. The van der Waals surface area contributed by atoms with Crippen molar-refractivity contribution in [2.24, 2.45) is 0 Å². The summed E-state index contributed by atoms with van der Waals surface area (Å²) in [6, 6.07) is 6.07. The average Bonchev–Trinajstić information content (AvgIpc) is 3.01. The molecule has 1 unspecified atom stereocenters. The Balaban J connectivity index is 2.13. The van der Waals surface area contributed by atoms with Gasteiger partial charge in [-0.3, -0.25) is 9.36 Å². The number of methoxy groups -OCH3 is 1. The summed E-state index contributed by atoms with van der Waals surface area (Å²) in [5, 5.41) is 8.86. The SMILES string of the molecule is COCC(C)n1c(COc2ccccc2F)nnc1SCC(=O)OC(C)(C)C. The van der Waals surface area contributed by atoms with Gasteiger partial charge in [-0.1, -0.05) is 23.9 Å². The molecule has 0 radical (unpaired) electrons. The number of para-hydroxylation sites is 1. The second-order valence-corrected chi connectivity index (χ2v) is 8.11. The predicted molar refractivity (Wildman–Crippen MR) is 104 cm³/mol. The number of thioether (sulfide) groups is 1. The van der Waals surface area contributed by atoms with Crippen molar-refractivity contribution in [1.29, 1.82) is 0 Å². The lowest BCUT2D eigenvalue weighted by atomic mass is 10.2. The largest absolute Gasteiger partial charge is 0.483 e. The van der Waals surface area contributed by atoms with Crippen molar-refractivity contribution in [3.05, 3.63) is 35.9 Å². The van der Waals surface area contributed by atoms with Crippen LogP contribution in [-0.4, -0.2) is 45.8 Å². The van der Waals surface area contributed by atoms with E-state index in [4.69, 9.17) is 14.2 Å². The normalized spacial score (nSPS) is 12.6. The lowest BCUT2D eigenvalue weighted by Gasteiger charge is -2.20. The van der Waals surface area contributed by atoms with Crippen LogP contribution in [-0.2, 0) is 20.9 Å². The third kappa shape index (κ3) is 6.49. The summed E-state index contributed by atoms with van der Waals surface area (Å²) in [6.07, 6.45) is 0. The first kappa shape index (κ1) is 22.2. The van der Waals surface area contributed by atoms with Crippen molar-refractivity contribution in [1.82, 2.24) is 14.8 Å². The molecule has 0 saturated heterocycles. The van der Waals surface area contributed by atoms with Gasteiger partial charge in [0.15, 0.2) is 22.5 Å². The highest BCUT2D eigenvalue weighted by Crippen LogP contribution is 2.24. The molecule has 2 rings (SSSR count). The van der Waals surface area contributed by atoms with Gasteiger partial charge in [0.1, 0.15) is 12.2 Å². The van der Waals surface area contributed by atoms with E-state index in [0.717, 1.165) is 0 Å². The number of rotatable bonds is 9. The molecule has 1 heterocycles. The van der Waals surface area contributed by atoms with Gasteiger partial charge in [0.25, 0.3) is 0 Å². The van der Waals surface area contributed by atoms with Crippen LogP contribution in [0, 0.1) is 5.82 Å². The fourth-order valence-corrected chi connectivity index (χ4v) is 3.29. The molecule has 0 bridgehead atoms. The van der Waals surface area contributed by atoms with Crippen LogP contribution in [0.3, 0.4) is 0 Å². The fourth-order valence-electron chi connectivity index (χ4n) is 2.46. The Kier molecular flexibility index (Phi) is 7.82. The van der Waals surface area contributed by atoms with Crippen LogP contribution in [0.25, 0.3) is 0 Å². The lowest BCUT2D eigenvalue weighted by Crippen LogP contribution is -2.25. The van der Waals surface area contributed by atoms with Crippen LogP contribution in [0.2, 0.25) is 0 Å². The van der Waals surface area contributed by atoms with Gasteiger partial charge in [0, 0.05) is 7.11 Å². The number of carbonyl (C=O) groups is 1. The van der Waals surface area contributed by atoms with Crippen LogP contribution >= 0.6 is 11.8 Å². The Morgan fingerprint density at radius 2 is 2.00 bits per heavy atom. The third-order valence-corrected chi connectivity index (χ3v) is 4.43. The second kappa shape index (κ2) is 9.88. The molecule has 9 heteroatoms. The minimum atomic E-state index is -0.548. The minimum Gasteiger partial charge on any atom is -0.483 e. The van der Waals surface area contributed by atoms with E-state index in [1.54, 1.807) is 25.3 Å². The second-order valence-electron chi connectivity index (χ2n) is 7.17. The van der Waals surface area contributed by atoms with Crippen molar-refractivity contribution in [3.8, 4) is 5.75 Å². The number of benzene rings is 1. The number of esters is 1. The number of hydrogen-bond donors (Lipinski definition) is 0. The van der Waals surface area contributed by atoms with Crippen LogP contribution < -0.4 is 4.74 Å². The van der Waals surface area contributed by atoms with Crippen molar-refractivity contribution < 1.29 is 23.4 Å². The van der Waals surface area contributed by atoms with E-state index in [2.05, 4.69) is 10.2 Å². The summed E-state index contributed by atoms with van der Waals surface area (Å²) in [7, 11) is 1.60. The monoisotopic (exact) mass is 411 g/mol. The summed E-state index contributed by atoms with van der Waals surface area (Å²) in [4.78, 5) is 12.0. The maximum absolute atomic E-state index is 13.8. The summed E-state index contributed by atoms with van der Waals surface area (Å²) < 4.78 is 31.7. The van der Waals surface area contributed by atoms with Gasteiger partial charge in [0.05, 0.1) is 18.4 Å². The maximum atomic E-state index is 13.8. The summed E-state index contributed by atoms with van der Waals surface area (Å²) in [5.74, 6) is -0.0314. The van der Waals surface area contributed by atoms with Crippen molar-refractivity contribution >= 4 is 17.7 Å². The summed E-state index contributed by atoms with van der Waals surface area (Å²) >= 11 is 1.23. The Hall–Kier alpha value is -2.13. The van der Waals surface area contributed by atoms with Crippen LogP contribution in [0.15, 0.2) is 29.4 Å². The molecule has 0 aliphatic rings. The lowest BCUT2D eigenvalue weighted by molar-refractivity contribution is -0.151. The first-order chi connectivity index (χ1) is 13.2. The van der Waals surface area contributed by atoms with Crippen LogP contribution in [0.1, 0.15) is 39.6 Å². The van der Waals surface area contributed by atoms with Gasteiger partial charge >= 0.3 is 5.97 Å². The smallest absolute Gasteiger partial charge is 0.316 e. The van der Waals surface area contributed by atoms with Gasteiger partial charge in [-0.25, -0.2) is 4.39 Å². The Labute approximate surface area is 168 Å². The summed E-state index contributed by atoms with van der Waals surface area (Å²) in [5.41, 5.74) is -0.548. The number of ether oxygens (including phenoxy) is 3. The number of nitrogens with zero attached hydrogens (tertiary/aromatic N) is 3. The van der Waals surface area contributed by atoms with E-state index in [1.807, 2.05) is 32.3 Å². The minimum absolute atomic E-state index is 0.0367. The van der Waals surface area contributed by atoms with Gasteiger partial charge in [-0.05, 0) is 39.8 Å². The summed E-state index contributed by atoms with van der Waals surface area (Å²) in [6.45, 7) is 7.85. The molecule has 0 fully saturated rings. The molecule has 0 aliphatic heterocycles. The molecule has 2 aromatic rings. The molecule has 0 aliphatic carbocycles. The number of carbonyl (C=O) groups excluding carboxylic acids is 1. The molecule has 0 saturated carbocycles. The van der Waals surface area contributed by atoms with Gasteiger partial charge in [0.2, 0.25) is 0 Å². The molecular weight excluding hydrogens is 385 g/mol. The molecule has 1 aromatic heterocycles. The zero-order chi connectivity index (χ0) is 20.7. The number of aromatic nitrogens is 3. The van der Waals surface area contributed by atoms with Crippen molar-refractivity contribution in [3.63, 3.8) is 0 Å². The van der Waals surface area contributed by atoms with E-state index in [0.29, 0.717) is 17.6 Å². The van der Waals surface area contributed by atoms with Crippen molar-refractivity contribution in [2.75, 3.05) is 19.5 Å². The van der Waals surface area contributed by atoms with E-state index < -0.39 is 11.4 Å². The highest BCUT2D eigenvalue weighted by atomic mass is 32.2. The zero-order valence-electron chi connectivity index (χ0n) is 16.8.